The molecule has 0 unspecified atom stereocenters. The first-order chi connectivity index (χ1) is 6.22. The van der Waals surface area contributed by atoms with Gasteiger partial charge in [-0.15, -0.1) is 0 Å². The summed E-state index contributed by atoms with van der Waals surface area (Å²) in [5.74, 6) is -0.403. The topological polar surface area (TPSA) is 40.3 Å². The molecule has 3 nitrogen and oxygen atoms in total. The Bertz CT molecular complexity index is 229. The maximum Gasteiger partial charge on any atom is 0.337 e. The van der Waals surface area contributed by atoms with Gasteiger partial charge in [-0.25, -0.2) is 9.79 Å². The largest absolute Gasteiger partial charge is 0.465 e. The van der Waals surface area contributed by atoms with E-state index in [1.54, 1.807) is 18.4 Å². The zero-order valence-corrected chi connectivity index (χ0v) is 8.17. The summed E-state index contributed by atoms with van der Waals surface area (Å²) < 4.78 is 4.47. The Labute approximate surface area is 78.8 Å². The first kappa shape index (κ1) is 11.6. The minimum Gasteiger partial charge on any atom is -0.465 e. The summed E-state index contributed by atoms with van der Waals surface area (Å²) in [5.41, 5.74) is 0.344. The van der Waals surface area contributed by atoms with Crippen LogP contribution in [0.3, 0.4) is 0 Å². The van der Waals surface area contributed by atoms with Crippen LogP contribution in [-0.4, -0.2) is 25.8 Å². The third-order valence-corrected chi connectivity index (χ3v) is 1.35. The quantitative estimate of drug-likeness (QED) is 0.277. The molecule has 0 aliphatic heterocycles. The number of rotatable bonds is 5. The molecule has 0 spiro atoms. The minimum atomic E-state index is -0.403. The Hall–Kier alpha value is -1.38. The van der Waals surface area contributed by atoms with Crippen molar-refractivity contribution in [1.29, 1.82) is 0 Å². The first-order valence-electron chi connectivity index (χ1n) is 4.22. The number of nitrogens with one attached hydrogen (secondary N) is 1. The molecule has 0 aromatic rings. The highest BCUT2D eigenvalue weighted by Gasteiger charge is 2.00. The predicted octanol–water partition coefficient (Wildman–Crippen LogP) is -0.167. The number of carbonyl (C=O) groups excluding carboxylic acids is 1. The fourth-order valence-electron chi connectivity index (χ4n) is 0.659. The van der Waals surface area contributed by atoms with Gasteiger partial charge in [-0.2, -0.15) is 0 Å². The van der Waals surface area contributed by atoms with Crippen molar-refractivity contribution < 1.29 is 14.5 Å². The number of hydrogen-bond acceptors (Lipinski definition) is 2. The monoisotopic (exact) mass is 182 g/mol. The van der Waals surface area contributed by atoms with Crippen LogP contribution >= 0.6 is 0 Å². The van der Waals surface area contributed by atoms with E-state index in [1.807, 2.05) is 0 Å². The third kappa shape index (κ3) is 5.84. The average Bonchev–Trinajstić information content (AvgIpc) is 2.16. The van der Waals surface area contributed by atoms with E-state index in [-0.39, 0.29) is 0 Å². The molecule has 3 heteroatoms. The van der Waals surface area contributed by atoms with E-state index in [0.717, 1.165) is 13.0 Å². The summed E-state index contributed by atoms with van der Waals surface area (Å²) in [7, 11) is 1.33. The lowest BCUT2D eigenvalue weighted by Crippen LogP contribution is -2.68. The van der Waals surface area contributed by atoms with Crippen molar-refractivity contribution in [1.82, 2.24) is 0 Å². The molecule has 72 valence electrons. The molecule has 0 fully saturated rings. The molecule has 0 radical (unpaired) electrons. The van der Waals surface area contributed by atoms with Gasteiger partial charge in [0.2, 0.25) is 0 Å². The summed E-state index contributed by atoms with van der Waals surface area (Å²) >= 11 is 0. The number of ether oxygens (including phenoxy) is 1. The summed E-state index contributed by atoms with van der Waals surface area (Å²) in [5, 5.41) is 0. The van der Waals surface area contributed by atoms with Crippen molar-refractivity contribution in [2.24, 2.45) is 0 Å². The predicted molar refractivity (Wildman–Crippen MR) is 52.5 cm³/mol. The maximum atomic E-state index is 10.8. The van der Waals surface area contributed by atoms with Gasteiger partial charge < -0.3 is 4.74 Å². The lowest BCUT2D eigenvalue weighted by Gasteiger charge is -1.93. The maximum absolute atomic E-state index is 10.8. The van der Waals surface area contributed by atoms with Crippen LogP contribution in [0.1, 0.15) is 13.3 Å². The number of methoxy groups -OCH3 is 1. The molecule has 0 aliphatic rings. The molecule has 0 saturated heterocycles. The average molecular weight is 182 g/mol. The molecule has 0 atom stereocenters. The molecule has 0 amide bonds. The van der Waals surface area contributed by atoms with Crippen LogP contribution in [0.25, 0.3) is 0 Å². The molecular formula is C10H16NO2+. The molecule has 0 bridgehead atoms. The van der Waals surface area contributed by atoms with Gasteiger partial charge in [-0.3, -0.25) is 0 Å². The highest BCUT2D eigenvalue weighted by atomic mass is 16.5. The molecule has 0 aliphatic carbocycles. The van der Waals surface area contributed by atoms with Gasteiger partial charge in [0.25, 0.3) is 0 Å². The van der Waals surface area contributed by atoms with Gasteiger partial charge in [0.15, 0.2) is 6.21 Å². The van der Waals surface area contributed by atoms with Crippen LogP contribution in [-0.2, 0) is 9.53 Å². The second-order valence-corrected chi connectivity index (χ2v) is 2.50. The van der Waals surface area contributed by atoms with Crippen molar-refractivity contribution in [3.63, 3.8) is 0 Å². The van der Waals surface area contributed by atoms with Crippen LogP contribution in [0.5, 0.6) is 0 Å². The number of allylic oxidation sites excluding steroid dienone is 1. The summed E-state index contributed by atoms with van der Waals surface area (Å²) in [6, 6.07) is 0. The smallest absolute Gasteiger partial charge is 0.337 e. The molecule has 13 heavy (non-hydrogen) atoms. The van der Waals surface area contributed by atoms with Crippen molar-refractivity contribution in [2.75, 3.05) is 13.7 Å². The third-order valence-electron chi connectivity index (χ3n) is 1.35. The second-order valence-electron chi connectivity index (χ2n) is 2.50. The van der Waals surface area contributed by atoms with Gasteiger partial charge in [0.1, 0.15) is 6.54 Å². The Kier molecular flexibility index (Phi) is 6.51. The number of esters is 1. The fourth-order valence-corrected chi connectivity index (χ4v) is 0.659. The van der Waals surface area contributed by atoms with Gasteiger partial charge in [-0.1, -0.05) is 13.5 Å². The van der Waals surface area contributed by atoms with Crippen molar-refractivity contribution >= 4 is 12.2 Å². The highest BCUT2D eigenvalue weighted by molar-refractivity contribution is 5.91. The summed E-state index contributed by atoms with van der Waals surface area (Å²) in [6.45, 7) is 6.54. The van der Waals surface area contributed by atoms with Gasteiger partial charge in [0.05, 0.1) is 12.7 Å². The lowest BCUT2D eigenvalue weighted by molar-refractivity contribution is -0.450. The molecule has 0 saturated carbocycles. The molecule has 0 rings (SSSR count). The zero-order valence-electron chi connectivity index (χ0n) is 8.17. The first-order valence-corrected chi connectivity index (χ1v) is 4.22. The van der Waals surface area contributed by atoms with Crippen LogP contribution in [0.4, 0.5) is 0 Å². The summed E-state index contributed by atoms with van der Waals surface area (Å²) in [4.78, 5) is 13.9. The fraction of sp³-hybridized carbons (Fsp3) is 0.400. The Morgan fingerprint density at radius 3 is 2.85 bits per heavy atom. The van der Waals surface area contributed by atoms with Gasteiger partial charge in [-0.05, 0) is 6.08 Å². The summed E-state index contributed by atoms with van der Waals surface area (Å²) in [6.07, 6.45) is 6.18. The van der Waals surface area contributed by atoms with Crippen LogP contribution in [0.15, 0.2) is 24.3 Å². The molecule has 0 aromatic carbocycles. The van der Waals surface area contributed by atoms with E-state index in [1.165, 1.54) is 7.11 Å². The van der Waals surface area contributed by atoms with Crippen LogP contribution < -0.4 is 4.99 Å². The van der Waals surface area contributed by atoms with Crippen LogP contribution in [0.2, 0.25) is 0 Å². The SMILES string of the molecule is C=C(/C=C\C=[NH+]CCC)C(=O)OC. The highest BCUT2D eigenvalue weighted by Crippen LogP contribution is 1.93. The molecule has 0 heterocycles. The number of carbonyl (C=O) groups is 1. The normalized spacial score (nSPS) is 10.9. The van der Waals surface area contributed by atoms with Crippen molar-refractivity contribution in [3.05, 3.63) is 24.3 Å². The minimum absolute atomic E-state index is 0.344. The standard InChI is InChI=1S/C10H15NO2/c1-4-7-11-8-5-6-9(2)10(12)13-3/h5-6,8H,2,4,7H2,1,3H3/p+1/b6-5-,11-8?. The van der Waals surface area contributed by atoms with E-state index in [9.17, 15) is 4.79 Å². The van der Waals surface area contributed by atoms with Gasteiger partial charge in [0, 0.05) is 12.5 Å². The Balaban J connectivity index is 3.84. The zero-order chi connectivity index (χ0) is 10.1. The van der Waals surface area contributed by atoms with E-state index in [0.29, 0.717) is 5.57 Å². The Morgan fingerprint density at radius 2 is 2.31 bits per heavy atom. The van der Waals surface area contributed by atoms with E-state index < -0.39 is 5.97 Å². The van der Waals surface area contributed by atoms with E-state index in [2.05, 4.69) is 23.2 Å². The molecular weight excluding hydrogens is 166 g/mol. The van der Waals surface area contributed by atoms with Crippen molar-refractivity contribution in [3.8, 4) is 0 Å². The van der Waals surface area contributed by atoms with Crippen LogP contribution in [0, 0.1) is 0 Å². The van der Waals surface area contributed by atoms with E-state index in [4.69, 9.17) is 0 Å². The van der Waals surface area contributed by atoms with Gasteiger partial charge >= 0.3 is 5.97 Å². The van der Waals surface area contributed by atoms with E-state index >= 15 is 0 Å². The molecule has 1 N–H and O–H groups in total. The second kappa shape index (κ2) is 7.28. The Morgan fingerprint density at radius 1 is 1.62 bits per heavy atom. The number of hydrogen-bond donors (Lipinski definition) is 1. The van der Waals surface area contributed by atoms with Crippen molar-refractivity contribution in [2.45, 2.75) is 13.3 Å². The lowest BCUT2D eigenvalue weighted by atomic mass is 10.3. The molecule has 0 aromatic heterocycles.